The van der Waals surface area contributed by atoms with Crippen LogP contribution >= 0.6 is 0 Å². The highest BCUT2D eigenvalue weighted by Gasteiger charge is 2.38. The topological polar surface area (TPSA) is 132 Å². The molecule has 2 aromatic rings. The first kappa shape index (κ1) is 33.6. The molecule has 0 aromatic heterocycles. The molecule has 0 spiro atoms. The minimum Gasteiger partial charge on any atom is -0.497 e. The average molecular weight is 604 g/mol. The lowest BCUT2D eigenvalue weighted by Crippen LogP contribution is -2.44. The first-order chi connectivity index (χ1) is 19.2. The summed E-state index contributed by atoms with van der Waals surface area (Å²) in [5.41, 5.74) is 1.60. The molecular weight excluding hydrogens is 567 g/mol. The second-order valence-corrected chi connectivity index (χ2v) is 10.9. The van der Waals surface area contributed by atoms with Crippen molar-refractivity contribution in [2.75, 3.05) is 76.6 Å². The predicted molar refractivity (Wildman–Crippen MR) is 149 cm³/mol. The number of carboxylic acid groups (broad SMARTS) is 1. The lowest BCUT2D eigenvalue weighted by molar-refractivity contribution is -0.192. The van der Waals surface area contributed by atoms with Crippen LogP contribution in [-0.2, 0) is 14.8 Å². The number of alkyl halides is 3. The predicted octanol–water partition coefficient (Wildman–Crippen LogP) is 2.56. The fourth-order valence-electron chi connectivity index (χ4n) is 3.80. The Morgan fingerprint density at radius 3 is 2.15 bits per heavy atom. The van der Waals surface area contributed by atoms with E-state index in [0.717, 1.165) is 38.4 Å². The standard InChI is InChI=1S/C24H35N5O4S.C2HF3O2/c1-5-28(17-16-27(2)3)24(30)19-6-11-23(29-14-12-25-13-15-29)22(18-19)26-34(31,32)21-9-7-20(33-4)8-10-21;3-2(4,5)1(6)7/h6-11,18,25-26H,5,12-17H2,1-4H3;(H,6,7). The summed E-state index contributed by atoms with van der Waals surface area (Å²) in [5.74, 6) is -2.31. The van der Waals surface area contributed by atoms with Crippen LogP contribution in [0.4, 0.5) is 24.5 Å². The number of aliphatic carboxylic acids is 1. The molecular formula is C26H36F3N5O6S. The van der Waals surface area contributed by atoms with E-state index in [1.54, 1.807) is 29.2 Å². The third-order valence-corrected chi connectivity index (χ3v) is 7.43. The smallest absolute Gasteiger partial charge is 0.490 e. The highest BCUT2D eigenvalue weighted by atomic mass is 32.2. The van der Waals surface area contributed by atoms with Gasteiger partial charge < -0.3 is 29.9 Å². The molecule has 3 N–H and O–H groups in total. The van der Waals surface area contributed by atoms with Gasteiger partial charge in [0.05, 0.1) is 23.4 Å². The van der Waals surface area contributed by atoms with Crippen molar-refractivity contribution in [2.24, 2.45) is 0 Å². The van der Waals surface area contributed by atoms with Crippen LogP contribution in [0.5, 0.6) is 5.75 Å². The number of methoxy groups -OCH3 is 1. The van der Waals surface area contributed by atoms with E-state index >= 15 is 0 Å². The molecule has 1 aliphatic rings. The molecule has 41 heavy (non-hydrogen) atoms. The van der Waals surface area contributed by atoms with Gasteiger partial charge in [0.1, 0.15) is 5.75 Å². The van der Waals surface area contributed by atoms with Gasteiger partial charge in [0.15, 0.2) is 0 Å². The lowest BCUT2D eigenvalue weighted by atomic mass is 10.1. The second kappa shape index (κ2) is 14.9. The SMILES string of the molecule is CCN(CCN(C)C)C(=O)c1ccc(N2CCNCC2)c(NS(=O)(=O)c2ccc(OC)cc2)c1.O=C(O)C(F)(F)F. The van der Waals surface area contributed by atoms with Crippen LogP contribution in [0, 0.1) is 0 Å². The molecule has 0 atom stereocenters. The van der Waals surface area contributed by atoms with E-state index < -0.39 is 22.2 Å². The Labute approximate surface area is 237 Å². The monoisotopic (exact) mass is 603 g/mol. The third kappa shape index (κ3) is 10.1. The van der Waals surface area contributed by atoms with E-state index in [1.165, 1.54) is 19.2 Å². The van der Waals surface area contributed by atoms with Crippen molar-refractivity contribution in [1.82, 2.24) is 15.1 Å². The van der Waals surface area contributed by atoms with Crippen molar-refractivity contribution in [3.8, 4) is 5.75 Å². The van der Waals surface area contributed by atoms with Crippen molar-refractivity contribution in [3.05, 3.63) is 48.0 Å². The van der Waals surface area contributed by atoms with Crippen LogP contribution in [0.25, 0.3) is 0 Å². The summed E-state index contributed by atoms with van der Waals surface area (Å²) >= 11 is 0. The van der Waals surface area contributed by atoms with Gasteiger partial charge in [-0.2, -0.15) is 13.2 Å². The number of rotatable bonds is 10. The number of likely N-dealkylation sites (N-methyl/N-ethyl adjacent to an activating group) is 2. The Hall–Kier alpha value is -3.56. The summed E-state index contributed by atoms with van der Waals surface area (Å²) in [4.78, 5) is 28.2. The maximum absolute atomic E-state index is 13.2. The number of benzene rings is 2. The molecule has 15 heteroatoms. The Bertz CT molecular complexity index is 1270. The third-order valence-electron chi connectivity index (χ3n) is 6.04. The number of ether oxygens (including phenoxy) is 1. The normalized spacial score (nSPS) is 13.7. The molecule has 1 heterocycles. The maximum atomic E-state index is 13.2. The molecule has 1 fully saturated rings. The number of carboxylic acids is 1. The average Bonchev–Trinajstić information content (AvgIpc) is 2.93. The van der Waals surface area contributed by atoms with Gasteiger partial charge in [0.25, 0.3) is 15.9 Å². The Balaban J connectivity index is 0.000000745. The van der Waals surface area contributed by atoms with Crippen molar-refractivity contribution in [2.45, 2.75) is 18.0 Å². The summed E-state index contributed by atoms with van der Waals surface area (Å²) in [7, 11) is 1.59. The molecule has 1 aliphatic heterocycles. The van der Waals surface area contributed by atoms with E-state index in [-0.39, 0.29) is 10.8 Å². The van der Waals surface area contributed by atoms with E-state index in [2.05, 4.69) is 14.9 Å². The number of carbonyl (C=O) groups excluding carboxylic acids is 1. The van der Waals surface area contributed by atoms with Crippen LogP contribution < -0.4 is 19.7 Å². The quantitative estimate of drug-likeness (QED) is 0.375. The van der Waals surface area contributed by atoms with Gasteiger partial charge in [-0.15, -0.1) is 0 Å². The molecule has 1 saturated heterocycles. The Morgan fingerprint density at radius 1 is 1.07 bits per heavy atom. The Morgan fingerprint density at radius 2 is 1.66 bits per heavy atom. The molecule has 1 amide bonds. The zero-order valence-corrected chi connectivity index (χ0v) is 24.2. The zero-order valence-electron chi connectivity index (χ0n) is 23.4. The molecule has 3 rings (SSSR count). The van der Waals surface area contributed by atoms with E-state index in [4.69, 9.17) is 14.6 Å². The summed E-state index contributed by atoms with van der Waals surface area (Å²) in [6, 6.07) is 11.5. The molecule has 2 aromatic carbocycles. The minimum absolute atomic E-state index is 0.123. The minimum atomic E-state index is -5.08. The fraction of sp³-hybridized carbons (Fsp3) is 0.462. The van der Waals surface area contributed by atoms with Gasteiger partial charge in [-0.25, -0.2) is 13.2 Å². The zero-order chi connectivity index (χ0) is 30.8. The number of hydrogen-bond donors (Lipinski definition) is 3. The van der Waals surface area contributed by atoms with Crippen molar-refractivity contribution in [3.63, 3.8) is 0 Å². The number of nitrogens with zero attached hydrogens (tertiary/aromatic N) is 3. The van der Waals surface area contributed by atoms with Crippen molar-refractivity contribution < 1.29 is 41.0 Å². The molecule has 0 aliphatic carbocycles. The number of amides is 1. The Kier molecular flexibility index (Phi) is 12.2. The van der Waals surface area contributed by atoms with Crippen molar-refractivity contribution >= 4 is 33.3 Å². The van der Waals surface area contributed by atoms with Gasteiger partial charge in [-0.05, 0) is 63.5 Å². The number of hydrogen-bond acceptors (Lipinski definition) is 8. The summed E-state index contributed by atoms with van der Waals surface area (Å²) in [6.45, 7) is 6.95. The molecule has 0 unspecified atom stereocenters. The molecule has 0 saturated carbocycles. The lowest BCUT2D eigenvalue weighted by Gasteiger charge is -2.31. The summed E-state index contributed by atoms with van der Waals surface area (Å²) < 4.78 is 66.0. The fourth-order valence-corrected chi connectivity index (χ4v) is 4.86. The first-order valence-electron chi connectivity index (χ1n) is 12.7. The first-order valence-corrected chi connectivity index (χ1v) is 14.2. The summed E-state index contributed by atoms with van der Waals surface area (Å²) in [6.07, 6.45) is -5.08. The molecule has 228 valence electrons. The van der Waals surface area contributed by atoms with Gasteiger partial charge >= 0.3 is 12.1 Å². The highest BCUT2D eigenvalue weighted by molar-refractivity contribution is 7.92. The second-order valence-electron chi connectivity index (χ2n) is 9.24. The van der Waals surface area contributed by atoms with Gasteiger partial charge in [0, 0.05) is 51.4 Å². The maximum Gasteiger partial charge on any atom is 0.490 e. The van der Waals surface area contributed by atoms with Gasteiger partial charge in [0.2, 0.25) is 0 Å². The van der Waals surface area contributed by atoms with Crippen LogP contribution in [0.2, 0.25) is 0 Å². The van der Waals surface area contributed by atoms with Crippen molar-refractivity contribution in [1.29, 1.82) is 0 Å². The summed E-state index contributed by atoms with van der Waals surface area (Å²) in [5, 5.41) is 10.4. The molecule has 11 nitrogen and oxygen atoms in total. The van der Waals surface area contributed by atoms with Gasteiger partial charge in [-0.1, -0.05) is 0 Å². The van der Waals surface area contributed by atoms with E-state index in [9.17, 15) is 26.4 Å². The number of carbonyl (C=O) groups is 2. The largest absolute Gasteiger partial charge is 0.497 e. The van der Waals surface area contributed by atoms with E-state index in [1.807, 2.05) is 32.0 Å². The number of halogens is 3. The van der Waals surface area contributed by atoms with Gasteiger partial charge in [-0.3, -0.25) is 9.52 Å². The molecule has 0 bridgehead atoms. The number of piperazine rings is 1. The van der Waals surface area contributed by atoms with Crippen LogP contribution in [0.1, 0.15) is 17.3 Å². The number of sulfonamides is 1. The number of nitrogens with one attached hydrogen (secondary N) is 2. The van der Waals surface area contributed by atoms with E-state index in [0.29, 0.717) is 30.1 Å². The molecule has 0 radical (unpaired) electrons. The van der Waals surface area contributed by atoms with Crippen LogP contribution in [0.3, 0.4) is 0 Å². The van der Waals surface area contributed by atoms with Crippen LogP contribution in [-0.4, -0.2) is 108 Å². The number of anilines is 2. The van der Waals surface area contributed by atoms with Crippen LogP contribution in [0.15, 0.2) is 47.4 Å². The highest BCUT2D eigenvalue weighted by Crippen LogP contribution is 2.31.